The summed E-state index contributed by atoms with van der Waals surface area (Å²) in [6.45, 7) is 11.2. The third-order valence-corrected chi connectivity index (χ3v) is 5.00. The van der Waals surface area contributed by atoms with Gasteiger partial charge in [-0.25, -0.2) is 0 Å². The SMILES string of the molecule is CC(C)=CCN1CCN(Cc2cccc(OCCN(C)C)c2)C[C@H]1CCO. The van der Waals surface area contributed by atoms with E-state index in [4.69, 9.17) is 4.74 Å². The Labute approximate surface area is 165 Å². The second-order valence-electron chi connectivity index (χ2n) is 7.98. The zero-order valence-electron chi connectivity index (χ0n) is 17.5. The minimum atomic E-state index is 0.249. The minimum Gasteiger partial charge on any atom is -0.492 e. The average molecular weight is 376 g/mol. The predicted octanol–water partition coefficient (Wildman–Crippen LogP) is 2.46. The van der Waals surface area contributed by atoms with Crippen molar-refractivity contribution in [2.24, 2.45) is 0 Å². The van der Waals surface area contributed by atoms with E-state index in [0.717, 1.165) is 51.4 Å². The average Bonchev–Trinajstić information content (AvgIpc) is 2.61. The van der Waals surface area contributed by atoms with Gasteiger partial charge in [-0.15, -0.1) is 0 Å². The lowest BCUT2D eigenvalue weighted by molar-refractivity contribution is 0.0636. The largest absolute Gasteiger partial charge is 0.492 e. The van der Waals surface area contributed by atoms with Gasteiger partial charge < -0.3 is 14.7 Å². The van der Waals surface area contributed by atoms with E-state index in [1.807, 2.05) is 6.07 Å². The van der Waals surface area contributed by atoms with E-state index in [0.29, 0.717) is 12.6 Å². The molecular formula is C22H37N3O2. The van der Waals surface area contributed by atoms with Crippen LogP contribution in [-0.4, -0.2) is 85.9 Å². The molecule has 1 fully saturated rings. The van der Waals surface area contributed by atoms with Gasteiger partial charge in [0.25, 0.3) is 0 Å². The molecule has 1 aromatic carbocycles. The molecule has 1 N–H and O–H groups in total. The molecule has 0 saturated carbocycles. The molecule has 1 saturated heterocycles. The van der Waals surface area contributed by atoms with E-state index >= 15 is 0 Å². The van der Waals surface area contributed by atoms with Gasteiger partial charge in [-0.3, -0.25) is 9.80 Å². The van der Waals surface area contributed by atoms with Crippen LogP contribution in [0.1, 0.15) is 25.8 Å². The van der Waals surface area contributed by atoms with Crippen LogP contribution in [0, 0.1) is 0 Å². The standard InChI is InChI=1S/C22H37N3O2/c1-19(2)8-10-25-12-11-24(18-21(25)9-14-26)17-20-6-5-7-22(16-20)27-15-13-23(3)4/h5-8,16,21,26H,9-15,17-18H2,1-4H3/t21-/m1/s1. The molecule has 27 heavy (non-hydrogen) atoms. The molecule has 5 heteroatoms. The highest BCUT2D eigenvalue weighted by Crippen LogP contribution is 2.19. The Morgan fingerprint density at radius 3 is 2.81 bits per heavy atom. The van der Waals surface area contributed by atoms with Gasteiger partial charge in [0.2, 0.25) is 0 Å². The third kappa shape index (κ3) is 8.01. The van der Waals surface area contributed by atoms with E-state index in [9.17, 15) is 5.11 Å². The van der Waals surface area contributed by atoms with Crippen molar-refractivity contribution in [3.05, 3.63) is 41.5 Å². The van der Waals surface area contributed by atoms with Crippen molar-refractivity contribution in [2.75, 3.05) is 60.0 Å². The number of benzene rings is 1. The quantitative estimate of drug-likeness (QED) is 0.636. The van der Waals surface area contributed by atoms with Crippen LogP contribution in [-0.2, 0) is 6.54 Å². The number of piperazine rings is 1. The molecule has 1 aromatic rings. The molecule has 5 nitrogen and oxygen atoms in total. The van der Waals surface area contributed by atoms with E-state index < -0.39 is 0 Å². The predicted molar refractivity (Wildman–Crippen MR) is 112 cm³/mol. The molecule has 1 heterocycles. The van der Waals surface area contributed by atoms with Gasteiger partial charge >= 0.3 is 0 Å². The van der Waals surface area contributed by atoms with Crippen molar-refractivity contribution in [2.45, 2.75) is 32.9 Å². The van der Waals surface area contributed by atoms with Gasteiger partial charge in [0.05, 0.1) is 0 Å². The molecule has 0 spiro atoms. The Hall–Kier alpha value is -1.40. The van der Waals surface area contributed by atoms with Crippen LogP contribution in [0.2, 0.25) is 0 Å². The summed E-state index contributed by atoms with van der Waals surface area (Å²) in [6, 6.07) is 8.86. The van der Waals surface area contributed by atoms with Crippen LogP contribution < -0.4 is 4.74 Å². The number of aliphatic hydroxyl groups excluding tert-OH is 1. The molecule has 0 amide bonds. The van der Waals surface area contributed by atoms with Gasteiger partial charge in [0, 0.05) is 51.9 Å². The summed E-state index contributed by atoms with van der Waals surface area (Å²) in [7, 11) is 4.11. The van der Waals surface area contributed by atoms with Crippen molar-refractivity contribution in [3.63, 3.8) is 0 Å². The zero-order valence-corrected chi connectivity index (χ0v) is 17.5. The highest BCUT2D eigenvalue weighted by Gasteiger charge is 2.25. The Morgan fingerprint density at radius 1 is 1.30 bits per heavy atom. The number of aliphatic hydroxyl groups is 1. The van der Waals surface area contributed by atoms with Gasteiger partial charge in [-0.1, -0.05) is 23.8 Å². The van der Waals surface area contributed by atoms with Crippen LogP contribution >= 0.6 is 0 Å². The fraction of sp³-hybridized carbons (Fsp3) is 0.636. The lowest BCUT2D eigenvalue weighted by atomic mass is 10.1. The van der Waals surface area contributed by atoms with Crippen molar-refractivity contribution in [3.8, 4) is 5.75 Å². The van der Waals surface area contributed by atoms with Crippen LogP contribution in [0.25, 0.3) is 0 Å². The minimum absolute atomic E-state index is 0.249. The van der Waals surface area contributed by atoms with Crippen LogP contribution in [0.5, 0.6) is 5.75 Å². The molecule has 0 aromatic heterocycles. The highest BCUT2D eigenvalue weighted by molar-refractivity contribution is 5.28. The summed E-state index contributed by atoms with van der Waals surface area (Å²) in [5, 5.41) is 9.47. The Morgan fingerprint density at radius 2 is 2.11 bits per heavy atom. The number of hydrogen-bond donors (Lipinski definition) is 1. The molecule has 152 valence electrons. The summed E-state index contributed by atoms with van der Waals surface area (Å²) in [6.07, 6.45) is 3.12. The van der Waals surface area contributed by atoms with Crippen molar-refractivity contribution >= 4 is 0 Å². The molecular weight excluding hydrogens is 338 g/mol. The highest BCUT2D eigenvalue weighted by atomic mass is 16.5. The molecule has 1 atom stereocenters. The Kier molecular flexibility index (Phi) is 9.28. The van der Waals surface area contributed by atoms with Gasteiger partial charge in [-0.2, -0.15) is 0 Å². The van der Waals surface area contributed by atoms with E-state index in [-0.39, 0.29) is 6.61 Å². The summed E-state index contributed by atoms with van der Waals surface area (Å²) < 4.78 is 5.87. The lowest BCUT2D eigenvalue weighted by Crippen LogP contribution is -2.53. The van der Waals surface area contributed by atoms with Crippen molar-refractivity contribution in [1.82, 2.24) is 14.7 Å². The first-order valence-corrected chi connectivity index (χ1v) is 10.0. The first-order valence-electron chi connectivity index (χ1n) is 10.0. The molecule has 0 bridgehead atoms. The summed E-state index contributed by atoms with van der Waals surface area (Å²) in [4.78, 5) is 7.12. The van der Waals surface area contributed by atoms with Gasteiger partial charge in [0.15, 0.2) is 0 Å². The number of nitrogens with zero attached hydrogens (tertiary/aromatic N) is 3. The maximum Gasteiger partial charge on any atom is 0.119 e. The van der Waals surface area contributed by atoms with Crippen molar-refractivity contribution in [1.29, 1.82) is 0 Å². The molecule has 1 aliphatic rings. The summed E-state index contributed by atoms with van der Waals surface area (Å²) >= 11 is 0. The Bertz CT molecular complexity index is 585. The number of likely N-dealkylation sites (N-methyl/N-ethyl adjacent to an activating group) is 1. The first kappa shape index (κ1) is 21.9. The summed E-state index contributed by atoms with van der Waals surface area (Å²) in [5.41, 5.74) is 2.64. The number of rotatable bonds is 10. The van der Waals surface area contributed by atoms with E-state index in [1.165, 1.54) is 11.1 Å². The second kappa shape index (κ2) is 11.4. The smallest absolute Gasteiger partial charge is 0.119 e. The van der Waals surface area contributed by atoms with Crippen LogP contribution in [0.4, 0.5) is 0 Å². The fourth-order valence-corrected chi connectivity index (χ4v) is 3.40. The molecule has 0 radical (unpaired) electrons. The van der Waals surface area contributed by atoms with Crippen LogP contribution in [0.3, 0.4) is 0 Å². The topological polar surface area (TPSA) is 39.2 Å². The first-order chi connectivity index (χ1) is 13.0. The maximum absolute atomic E-state index is 9.47. The van der Waals surface area contributed by atoms with Crippen molar-refractivity contribution < 1.29 is 9.84 Å². The second-order valence-corrected chi connectivity index (χ2v) is 7.98. The zero-order chi connectivity index (χ0) is 19.6. The normalized spacial score (nSPS) is 18.7. The van der Waals surface area contributed by atoms with Crippen LogP contribution in [0.15, 0.2) is 35.9 Å². The number of ether oxygens (including phenoxy) is 1. The van der Waals surface area contributed by atoms with E-state index in [1.54, 1.807) is 0 Å². The van der Waals surface area contributed by atoms with Gasteiger partial charge in [-0.05, 0) is 52.1 Å². The molecule has 0 aliphatic carbocycles. The Balaban J connectivity index is 1.90. The lowest BCUT2D eigenvalue weighted by Gasteiger charge is -2.41. The third-order valence-electron chi connectivity index (χ3n) is 5.00. The number of hydrogen-bond acceptors (Lipinski definition) is 5. The maximum atomic E-state index is 9.47. The van der Waals surface area contributed by atoms with E-state index in [2.05, 4.69) is 66.9 Å². The summed E-state index contributed by atoms with van der Waals surface area (Å²) in [5.74, 6) is 0.948. The molecule has 2 rings (SSSR count). The molecule has 1 aliphatic heterocycles. The fourth-order valence-electron chi connectivity index (χ4n) is 3.40. The monoisotopic (exact) mass is 375 g/mol. The van der Waals surface area contributed by atoms with Gasteiger partial charge in [0.1, 0.15) is 12.4 Å². The number of allylic oxidation sites excluding steroid dienone is 1. The molecule has 0 unspecified atom stereocenters.